The number of aromatic nitrogens is 5. The van der Waals surface area contributed by atoms with Crippen LogP contribution < -0.4 is 5.32 Å². The quantitative estimate of drug-likeness (QED) is 0.488. The third-order valence-corrected chi connectivity index (χ3v) is 4.80. The van der Waals surface area contributed by atoms with Gasteiger partial charge in [-0.05, 0) is 36.8 Å². The number of amides is 1. The highest BCUT2D eigenvalue weighted by molar-refractivity contribution is 6.36. The Balaban J connectivity index is 1.44. The molecule has 4 aromatic rings. The number of halogens is 2. The Hall–Kier alpha value is -3.16. The zero-order valence-electron chi connectivity index (χ0n) is 15.4. The maximum atomic E-state index is 12.5. The Bertz CT molecular complexity index is 1170. The van der Waals surface area contributed by atoms with E-state index < -0.39 is 5.91 Å². The van der Waals surface area contributed by atoms with Crippen LogP contribution in [0, 0.1) is 6.92 Å². The fourth-order valence-corrected chi connectivity index (χ4v) is 3.26. The number of benzene rings is 2. The summed E-state index contributed by atoms with van der Waals surface area (Å²) in [5.74, 6) is -0.190. The summed E-state index contributed by atoms with van der Waals surface area (Å²) in [6.45, 7) is 2.60. The van der Waals surface area contributed by atoms with Crippen LogP contribution in [0.2, 0.25) is 10.0 Å². The highest BCUT2D eigenvalue weighted by Crippen LogP contribution is 2.29. The van der Waals surface area contributed by atoms with Crippen LogP contribution in [-0.2, 0) is 6.54 Å². The predicted molar refractivity (Wildman–Crippen MR) is 112 cm³/mol. The number of anilines is 1. The standard InChI is InChI=1S/C20H16Cl2N6O/c1-12-2-4-13(5-3-12)10-28-11-23-20(27-28)24-19(29)18-9-17(25-26-18)15-7-6-14(21)8-16(15)22/h2-9,11H,10H2,1H3,(H,25,26)(H,24,27,29). The minimum absolute atomic E-state index is 0.211. The zero-order valence-corrected chi connectivity index (χ0v) is 16.9. The van der Waals surface area contributed by atoms with Crippen molar-refractivity contribution in [3.05, 3.63) is 81.7 Å². The molecule has 0 fully saturated rings. The van der Waals surface area contributed by atoms with E-state index in [0.717, 1.165) is 5.56 Å². The van der Waals surface area contributed by atoms with Crippen molar-refractivity contribution in [2.24, 2.45) is 0 Å². The van der Waals surface area contributed by atoms with Gasteiger partial charge in [-0.2, -0.15) is 5.10 Å². The second kappa shape index (κ2) is 8.06. The second-order valence-electron chi connectivity index (χ2n) is 6.50. The smallest absolute Gasteiger partial charge is 0.276 e. The summed E-state index contributed by atoms with van der Waals surface area (Å²) >= 11 is 12.1. The van der Waals surface area contributed by atoms with E-state index in [1.54, 1.807) is 35.3 Å². The molecule has 0 aliphatic carbocycles. The molecule has 146 valence electrons. The average Bonchev–Trinajstić information content (AvgIpc) is 3.33. The normalized spacial score (nSPS) is 10.9. The van der Waals surface area contributed by atoms with E-state index in [1.807, 2.05) is 31.2 Å². The average molecular weight is 427 g/mol. The molecule has 0 aliphatic heterocycles. The molecule has 0 unspecified atom stereocenters. The lowest BCUT2D eigenvalue weighted by Crippen LogP contribution is -2.14. The lowest BCUT2D eigenvalue weighted by atomic mass is 10.1. The summed E-state index contributed by atoms with van der Waals surface area (Å²) in [5, 5.41) is 14.8. The van der Waals surface area contributed by atoms with Gasteiger partial charge in [-0.15, -0.1) is 5.10 Å². The molecule has 0 saturated carbocycles. The van der Waals surface area contributed by atoms with Crippen LogP contribution in [0.5, 0.6) is 0 Å². The number of carbonyl (C=O) groups is 1. The SMILES string of the molecule is Cc1ccc(Cn2cnc(NC(=O)c3cc(-c4ccc(Cl)cc4Cl)n[nH]3)n2)cc1. The molecule has 2 heterocycles. The third-order valence-electron chi connectivity index (χ3n) is 4.26. The first-order valence-corrected chi connectivity index (χ1v) is 9.51. The number of nitrogens with one attached hydrogen (secondary N) is 2. The zero-order chi connectivity index (χ0) is 20.4. The molecule has 2 N–H and O–H groups in total. The van der Waals surface area contributed by atoms with Crippen molar-refractivity contribution in [2.45, 2.75) is 13.5 Å². The Morgan fingerprint density at radius 3 is 2.69 bits per heavy atom. The second-order valence-corrected chi connectivity index (χ2v) is 7.34. The summed E-state index contributed by atoms with van der Waals surface area (Å²) in [6.07, 6.45) is 1.57. The van der Waals surface area contributed by atoms with Gasteiger partial charge in [0.2, 0.25) is 5.95 Å². The minimum atomic E-state index is -0.401. The Kier molecular flexibility index (Phi) is 5.33. The molecule has 29 heavy (non-hydrogen) atoms. The van der Waals surface area contributed by atoms with E-state index >= 15 is 0 Å². The van der Waals surface area contributed by atoms with Crippen LogP contribution in [0.1, 0.15) is 21.6 Å². The molecule has 9 heteroatoms. The lowest BCUT2D eigenvalue weighted by Gasteiger charge is -2.01. The fourth-order valence-electron chi connectivity index (χ4n) is 2.75. The topological polar surface area (TPSA) is 88.5 Å². The Morgan fingerprint density at radius 1 is 1.14 bits per heavy atom. The van der Waals surface area contributed by atoms with Crippen LogP contribution in [0.25, 0.3) is 11.3 Å². The number of H-pyrrole nitrogens is 1. The van der Waals surface area contributed by atoms with Crippen molar-refractivity contribution in [3.63, 3.8) is 0 Å². The molecule has 1 amide bonds. The van der Waals surface area contributed by atoms with Crippen molar-refractivity contribution in [2.75, 3.05) is 5.32 Å². The number of nitrogens with zero attached hydrogens (tertiary/aromatic N) is 4. The first-order valence-electron chi connectivity index (χ1n) is 8.75. The number of hydrogen-bond acceptors (Lipinski definition) is 4. The molecule has 0 saturated heterocycles. The van der Waals surface area contributed by atoms with Crippen molar-refractivity contribution in [1.82, 2.24) is 25.0 Å². The van der Waals surface area contributed by atoms with E-state index in [-0.39, 0.29) is 11.6 Å². The van der Waals surface area contributed by atoms with Crippen LogP contribution in [0.3, 0.4) is 0 Å². The molecular weight excluding hydrogens is 411 g/mol. The first-order chi connectivity index (χ1) is 14.0. The van der Waals surface area contributed by atoms with E-state index in [4.69, 9.17) is 23.2 Å². The predicted octanol–water partition coefficient (Wildman–Crippen LogP) is 4.58. The van der Waals surface area contributed by atoms with E-state index in [2.05, 4.69) is 25.6 Å². The van der Waals surface area contributed by atoms with Gasteiger partial charge in [0.15, 0.2) is 0 Å². The van der Waals surface area contributed by atoms with E-state index in [9.17, 15) is 4.79 Å². The number of aromatic amines is 1. The molecule has 0 atom stereocenters. The van der Waals surface area contributed by atoms with Crippen LogP contribution in [-0.4, -0.2) is 30.9 Å². The Morgan fingerprint density at radius 2 is 1.93 bits per heavy atom. The maximum absolute atomic E-state index is 12.5. The summed E-state index contributed by atoms with van der Waals surface area (Å²) < 4.78 is 1.66. The highest BCUT2D eigenvalue weighted by atomic mass is 35.5. The van der Waals surface area contributed by atoms with Gasteiger partial charge in [0.05, 0.1) is 17.3 Å². The van der Waals surface area contributed by atoms with E-state index in [1.165, 1.54) is 5.56 Å². The van der Waals surface area contributed by atoms with E-state index in [0.29, 0.717) is 27.8 Å². The van der Waals surface area contributed by atoms with Gasteiger partial charge < -0.3 is 0 Å². The summed E-state index contributed by atoms with van der Waals surface area (Å²) in [6, 6.07) is 14.8. The number of hydrogen-bond donors (Lipinski definition) is 2. The van der Waals surface area contributed by atoms with Crippen LogP contribution in [0.4, 0.5) is 5.95 Å². The highest BCUT2D eigenvalue weighted by Gasteiger charge is 2.15. The summed E-state index contributed by atoms with van der Waals surface area (Å²) in [7, 11) is 0. The third kappa shape index (κ3) is 4.47. The van der Waals surface area contributed by atoms with Crippen LogP contribution in [0.15, 0.2) is 54.9 Å². The summed E-state index contributed by atoms with van der Waals surface area (Å²) in [5.41, 5.74) is 3.76. The molecule has 0 radical (unpaired) electrons. The molecule has 7 nitrogen and oxygen atoms in total. The lowest BCUT2D eigenvalue weighted by molar-refractivity contribution is 0.102. The van der Waals surface area contributed by atoms with Gasteiger partial charge in [0.25, 0.3) is 5.91 Å². The van der Waals surface area contributed by atoms with Crippen molar-refractivity contribution >= 4 is 35.1 Å². The molecular formula is C20H16Cl2N6O. The fraction of sp³-hybridized carbons (Fsp3) is 0.100. The Labute approximate surface area is 176 Å². The van der Waals surface area contributed by atoms with Gasteiger partial charge in [-0.25, -0.2) is 9.67 Å². The largest absolute Gasteiger partial charge is 0.288 e. The number of rotatable bonds is 5. The van der Waals surface area contributed by atoms with Gasteiger partial charge in [-0.1, -0.05) is 53.0 Å². The monoisotopic (exact) mass is 426 g/mol. The minimum Gasteiger partial charge on any atom is -0.288 e. The number of aryl methyl sites for hydroxylation is 1. The van der Waals surface area contributed by atoms with Crippen molar-refractivity contribution < 1.29 is 4.79 Å². The van der Waals surface area contributed by atoms with Crippen molar-refractivity contribution in [3.8, 4) is 11.3 Å². The first kappa shape index (κ1) is 19.2. The van der Waals surface area contributed by atoms with Crippen LogP contribution >= 0.6 is 23.2 Å². The summed E-state index contributed by atoms with van der Waals surface area (Å²) in [4.78, 5) is 16.6. The van der Waals surface area contributed by atoms with Gasteiger partial charge in [0.1, 0.15) is 12.0 Å². The maximum Gasteiger partial charge on any atom is 0.276 e. The molecule has 0 bridgehead atoms. The number of carbonyl (C=O) groups excluding carboxylic acids is 1. The van der Waals surface area contributed by atoms with Crippen molar-refractivity contribution in [1.29, 1.82) is 0 Å². The molecule has 2 aromatic heterocycles. The molecule has 0 aliphatic rings. The van der Waals surface area contributed by atoms with Gasteiger partial charge >= 0.3 is 0 Å². The molecule has 2 aromatic carbocycles. The molecule has 0 spiro atoms. The van der Waals surface area contributed by atoms with Gasteiger partial charge in [-0.3, -0.25) is 15.2 Å². The molecule has 4 rings (SSSR count). The van der Waals surface area contributed by atoms with Gasteiger partial charge in [0, 0.05) is 10.6 Å².